The summed E-state index contributed by atoms with van der Waals surface area (Å²) in [6.07, 6.45) is 7.15. The van der Waals surface area contributed by atoms with Gasteiger partial charge in [-0.3, -0.25) is 4.21 Å². The molecule has 1 aromatic heterocycles. The van der Waals surface area contributed by atoms with Gasteiger partial charge in [-0.25, -0.2) is 0 Å². The van der Waals surface area contributed by atoms with Gasteiger partial charge in [0.1, 0.15) is 15.7 Å². The van der Waals surface area contributed by atoms with Crippen molar-refractivity contribution in [3.05, 3.63) is 34.9 Å². The molecule has 2 saturated heterocycles. The Morgan fingerprint density at radius 1 is 1.19 bits per heavy atom. The van der Waals surface area contributed by atoms with Gasteiger partial charge in [0.05, 0.1) is 12.1 Å². The van der Waals surface area contributed by atoms with Gasteiger partial charge in [-0.2, -0.15) is 9.97 Å². The van der Waals surface area contributed by atoms with E-state index in [2.05, 4.69) is 22.3 Å². The van der Waals surface area contributed by atoms with Crippen LogP contribution in [-0.2, 0) is 10.8 Å². The fraction of sp³-hybridized carbons (Fsp3) is 0.565. The normalized spacial score (nSPS) is 29.9. The van der Waals surface area contributed by atoms with Crippen molar-refractivity contribution in [3.8, 4) is 5.88 Å². The van der Waals surface area contributed by atoms with Crippen LogP contribution in [0.4, 0.5) is 11.8 Å². The van der Waals surface area contributed by atoms with Crippen molar-refractivity contribution in [2.75, 3.05) is 22.8 Å². The topological polar surface area (TPSA) is 87.6 Å². The molecule has 0 spiro atoms. The number of rotatable bonds is 5. The second-order valence-electron chi connectivity index (χ2n) is 9.54. The highest BCUT2D eigenvalue weighted by atomic mass is 35.5. The van der Waals surface area contributed by atoms with Crippen LogP contribution in [-0.4, -0.2) is 49.5 Å². The Morgan fingerprint density at radius 3 is 2.53 bits per heavy atom. The van der Waals surface area contributed by atoms with E-state index in [1.807, 2.05) is 12.1 Å². The average Bonchev–Trinajstić information content (AvgIpc) is 3.27. The Labute approximate surface area is 195 Å². The molecule has 7 nitrogen and oxygen atoms in total. The van der Waals surface area contributed by atoms with Crippen LogP contribution in [0.15, 0.2) is 29.2 Å². The minimum atomic E-state index is -1.29. The van der Waals surface area contributed by atoms with E-state index >= 15 is 0 Å². The third-order valence-corrected chi connectivity index (χ3v) is 9.06. The lowest BCUT2D eigenvalue weighted by atomic mass is 9.77. The molecule has 32 heavy (non-hydrogen) atoms. The molecule has 0 radical (unpaired) electrons. The van der Waals surface area contributed by atoms with Crippen molar-refractivity contribution in [3.63, 3.8) is 0 Å². The lowest BCUT2D eigenvalue weighted by Crippen LogP contribution is -2.49. The summed E-state index contributed by atoms with van der Waals surface area (Å²) in [6, 6.07) is 8.96. The van der Waals surface area contributed by atoms with E-state index in [0.29, 0.717) is 40.5 Å². The summed E-state index contributed by atoms with van der Waals surface area (Å²) in [5.41, 5.74) is 0.962. The smallest absolute Gasteiger partial charge is 0.238 e. The third kappa shape index (κ3) is 3.38. The first-order valence-corrected chi connectivity index (χ1v) is 13.1. The SMILES string of the molecule is O=[S@]1COc2nc(N3C4CCC3CC(c3ccc(Cl)cc3)C4)nc(NC3(CO)CCC3)c21. The number of piperidine rings is 1. The maximum atomic E-state index is 12.6. The molecule has 3 atom stereocenters. The molecule has 170 valence electrons. The minimum Gasteiger partial charge on any atom is -0.463 e. The van der Waals surface area contributed by atoms with E-state index < -0.39 is 10.8 Å². The fourth-order valence-electron chi connectivity index (χ4n) is 5.78. The summed E-state index contributed by atoms with van der Waals surface area (Å²) in [5.74, 6) is 2.25. The molecule has 1 saturated carbocycles. The minimum absolute atomic E-state index is 0.0341. The number of nitrogens with zero attached hydrogens (tertiary/aromatic N) is 3. The number of anilines is 2. The summed E-state index contributed by atoms with van der Waals surface area (Å²) >= 11 is 6.09. The van der Waals surface area contributed by atoms with E-state index in [-0.39, 0.29) is 18.1 Å². The van der Waals surface area contributed by atoms with Gasteiger partial charge in [-0.1, -0.05) is 23.7 Å². The lowest BCUT2D eigenvalue weighted by Gasteiger charge is -2.42. The molecule has 2 bridgehead atoms. The number of aliphatic hydroxyl groups is 1. The van der Waals surface area contributed by atoms with E-state index in [4.69, 9.17) is 26.3 Å². The zero-order valence-electron chi connectivity index (χ0n) is 17.8. The van der Waals surface area contributed by atoms with Gasteiger partial charge in [0.2, 0.25) is 11.8 Å². The molecule has 2 unspecified atom stereocenters. The highest BCUT2D eigenvalue weighted by molar-refractivity contribution is 7.85. The molecule has 2 aromatic rings. The number of hydrogen-bond acceptors (Lipinski definition) is 7. The number of aliphatic hydroxyl groups excluding tert-OH is 1. The average molecular weight is 475 g/mol. The van der Waals surface area contributed by atoms with Crippen LogP contribution in [0.3, 0.4) is 0 Å². The first kappa shape index (κ1) is 20.7. The number of halogens is 1. The van der Waals surface area contributed by atoms with E-state index in [1.165, 1.54) is 5.56 Å². The molecule has 4 heterocycles. The molecular weight excluding hydrogens is 448 g/mol. The maximum Gasteiger partial charge on any atom is 0.238 e. The molecule has 1 aromatic carbocycles. The van der Waals surface area contributed by atoms with E-state index in [0.717, 1.165) is 50.0 Å². The third-order valence-electron chi connectivity index (χ3n) is 7.66. The molecule has 2 N–H and O–H groups in total. The summed E-state index contributed by atoms with van der Waals surface area (Å²) in [6.45, 7) is 0.0341. The zero-order valence-corrected chi connectivity index (χ0v) is 19.4. The van der Waals surface area contributed by atoms with Gasteiger partial charge in [0, 0.05) is 17.1 Å². The molecular formula is C23H27ClN4O3S. The van der Waals surface area contributed by atoms with Crippen LogP contribution in [0.2, 0.25) is 5.02 Å². The highest BCUT2D eigenvalue weighted by Gasteiger charge is 2.44. The first-order valence-electron chi connectivity index (χ1n) is 11.4. The fourth-order valence-corrected chi connectivity index (χ4v) is 6.85. The lowest BCUT2D eigenvalue weighted by molar-refractivity contribution is 0.143. The monoisotopic (exact) mass is 474 g/mol. The summed E-state index contributed by atoms with van der Waals surface area (Å²) in [7, 11) is -1.29. The number of benzene rings is 1. The number of fused-ring (bicyclic) bond motifs is 3. The zero-order chi connectivity index (χ0) is 21.9. The van der Waals surface area contributed by atoms with Gasteiger partial charge in [0.15, 0.2) is 11.8 Å². The van der Waals surface area contributed by atoms with Gasteiger partial charge in [-0.15, -0.1) is 0 Å². The van der Waals surface area contributed by atoms with Crippen molar-refractivity contribution in [2.45, 2.75) is 73.4 Å². The largest absolute Gasteiger partial charge is 0.463 e. The van der Waals surface area contributed by atoms with Crippen LogP contribution < -0.4 is 15.0 Å². The van der Waals surface area contributed by atoms with Crippen molar-refractivity contribution >= 4 is 34.2 Å². The van der Waals surface area contributed by atoms with Gasteiger partial charge >= 0.3 is 0 Å². The van der Waals surface area contributed by atoms with Crippen molar-refractivity contribution in [2.24, 2.45) is 0 Å². The van der Waals surface area contributed by atoms with Crippen molar-refractivity contribution < 1.29 is 14.1 Å². The second-order valence-corrected chi connectivity index (χ2v) is 11.3. The van der Waals surface area contributed by atoms with E-state index in [1.54, 1.807) is 0 Å². The summed E-state index contributed by atoms with van der Waals surface area (Å²) in [4.78, 5) is 12.5. The standard InChI is InChI=1S/C23H27ClN4O3S/c24-16-4-2-14(3-5-16)15-10-17-6-7-18(11-15)28(17)22-25-20(27-23(12-29)8-1-9-23)19-21(26-22)31-13-32(19)30/h2-5,15,17-18,29H,1,6-13H2,(H,25,26,27)/t15?,17?,18?,32-/m0/s1. The molecule has 3 fully saturated rings. The van der Waals surface area contributed by atoms with Crippen LogP contribution in [0.1, 0.15) is 56.4 Å². The highest BCUT2D eigenvalue weighted by Crippen LogP contribution is 2.46. The molecule has 4 aliphatic rings. The number of hydrogen-bond donors (Lipinski definition) is 2. The Bertz CT molecular complexity index is 1040. The number of aromatic nitrogens is 2. The van der Waals surface area contributed by atoms with Crippen LogP contribution in [0.25, 0.3) is 0 Å². The molecule has 1 aliphatic carbocycles. The molecule has 3 aliphatic heterocycles. The van der Waals surface area contributed by atoms with Gasteiger partial charge in [-0.05, 0) is 68.6 Å². The Balaban J connectivity index is 1.31. The quantitative estimate of drug-likeness (QED) is 0.680. The van der Waals surface area contributed by atoms with Crippen LogP contribution in [0, 0.1) is 0 Å². The molecule has 6 rings (SSSR count). The molecule has 9 heteroatoms. The maximum absolute atomic E-state index is 12.6. The first-order chi connectivity index (χ1) is 15.5. The van der Waals surface area contributed by atoms with Crippen molar-refractivity contribution in [1.29, 1.82) is 0 Å². The van der Waals surface area contributed by atoms with Crippen molar-refractivity contribution in [1.82, 2.24) is 9.97 Å². The second kappa shape index (κ2) is 7.85. The van der Waals surface area contributed by atoms with Crippen LogP contribution >= 0.6 is 11.6 Å². The summed E-state index contributed by atoms with van der Waals surface area (Å²) in [5, 5.41) is 14.1. The summed E-state index contributed by atoms with van der Waals surface area (Å²) < 4.78 is 18.3. The Hall–Kier alpha value is -1.90. The molecule has 0 amide bonds. The number of ether oxygens (including phenoxy) is 1. The van der Waals surface area contributed by atoms with Gasteiger partial charge in [0.25, 0.3) is 0 Å². The Morgan fingerprint density at radius 2 is 1.91 bits per heavy atom. The van der Waals surface area contributed by atoms with E-state index in [9.17, 15) is 9.32 Å². The predicted molar refractivity (Wildman–Crippen MR) is 124 cm³/mol. The Kier molecular flexibility index (Phi) is 5.08. The predicted octanol–water partition coefficient (Wildman–Crippen LogP) is 3.83. The number of nitrogens with one attached hydrogen (secondary N) is 1. The van der Waals surface area contributed by atoms with Gasteiger partial charge < -0.3 is 20.1 Å². The van der Waals surface area contributed by atoms with Crippen LogP contribution in [0.5, 0.6) is 5.88 Å².